The summed E-state index contributed by atoms with van der Waals surface area (Å²) in [6.45, 7) is 2.87. The number of methoxy groups -OCH3 is 1. The summed E-state index contributed by atoms with van der Waals surface area (Å²) in [5.74, 6) is 1.39. The number of carbonyl (C=O) groups is 1. The van der Waals surface area contributed by atoms with Crippen LogP contribution < -0.4 is 10.1 Å². The average molecular weight is 348 g/mol. The normalized spacial score (nSPS) is 13.2. The molecule has 0 bridgehead atoms. The van der Waals surface area contributed by atoms with Gasteiger partial charge in [0.1, 0.15) is 5.75 Å². The fourth-order valence-electron chi connectivity index (χ4n) is 3.49. The van der Waals surface area contributed by atoms with Gasteiger partial charge in [0.2, 0.25) is 5.96 Å². The number of ketones is 1. The molecule has 0 saturated carbocycles. The van der Waals surface area contributed by atoms with Crippen LogP contribution in [0.4, 0.5) is 0 Å². The highest BCUT2D eigenvalue weighted by atomic mass is 16.5. The first-order valence-corrected chi connectivity index (χ1v) is 8.60. The minimum atomic E-state index is 0.0133. The molecule has 0 unspecified atom stereocenters. The van der Waals surface area contributed by atoms with E-state index in [4.69, 9.17) is 4.74 Å². The Balaban J connectivity index is 1.82. The maximum Gasteiger partial charge on any atom is 0.204 e. The Morgan fingerprint density at radius 3 is 2.81 bits per heavy atom. The molecule has 0 spiro atoms. The molecule has 26 heavy (non-hydrogen) atoms. The highest BCUT2D eigenvalue weighted by molar-refractivity contribution is 6.12. The zero-order chi connectivity index (χ0) is 18.1. The van der Waals surface area contributed by atoms with Gasteiger partial charge in [-0.05, 0) is 18.6 Å². The molecule has 0 fully saturated rings. The lowest BCUT2D eigenvalue weighted by Gasteiger charge is -2.19. The first kappa shape index (κ1) is 16.3. The molecule has 2 aromatic heterocycles. The number of nitrogens with zero attached hydrogens (tertiary/aromatic N) is 3. The van der Waals surface area contributed by atoms with E-state index >= 15 is 0 Å². The molecule has 132 valence electrons. The molecule has 1 aliphatic heterocycles. The molecular formula is C20H20N4O2. The van der Waals surface area contributed by atoms with Crippen LogP contribution in [-0.2, 0) is 13.0 Å². The summed E-state index contributed by atoms with van der Waals surface area (Å²) in [6.07, 6.45) is 2.40. The summed E-state index contributed by atoms with van der Waals surface area (Å²) in [5, 5.41) is 4.15. The molecule has 0 amide bonds. The highest BCUT2D eigenvalue weighted by Gasteiger charge is 2.27. The van der Waals surface area contributed by atoms with E-state index in [1.807, 2.05) is 22.8 Å². The number of ether oxygens (including phenoxy) is 1. The molecule has 4 rings (SSSR count). The predicted molar refractivity (Wildman–Crippen MR) is 101 cm³/mol. The van der Waals surface area contributed by atoms with Crippen molar-refractivity contribution in [2.75, 3.05) is 13.7 Å². The number of nitrogens with one attached hydrogen (secondary N) is 1. The lowest BCUT2D eigenvalue weighted by Crippen LogP contribution is -2.34. The zero-order valence-corrected chi connectivity index (χ0v) is 14.8. The third-order valence-corrected chi connectivity index (χ3v) is 4.60. The molecular weight excluding hydrogens is 328 g/mol. The Labute approximate surface area is 151 Å². The van der Waals surface area contributed by atoms with E-state index in [0.717, 1.165) is 16.6 Å². The maximum absolute atomic E-state index is 12.4. The zero-order valence-electron chi connectivity index (χ0n) is 14.8. The van der Waals surface area contributed by atoms with Crippen LogP contribution >= 0.6 is 0 Å². The molecule has 0 radical (unpaired) electrons. The Bertz CT molecular complexity index is 1010. The van der Waals surface area contributed by atoms with Gasteiger partial charge < -0.3 is 10.1 Å². The minimum Gasteiger partial charge on any atom is -0.496 e. The van der Waals surface area contributed by atoms with Crippen molar-refractivity contribution in [3.63, 3.8) is 0 Å². The topological polar surface area (TPSA) is 68.5 Å². The largest absolute Gasteiger partial charge is 0.496 e. The molecule has 0 atom stereocenters. The van der Waals surface area contributed by atoms with E-state index in [1.165, 1.54) is 0 Å². The Morgan fingerprint density at radius 2 is 2.08 bits per heavy atom. The van der Waals surface area contributed by atoms with Crippen LogP contribution in [0.3, 0.4) is 0 Å². The number of aliphatic imine (C=N–C) groups is 1. The summed E-state index contributed by atoms with van der Waals surface area (Å²) in [7, 11) is 1.61. The summed E-state index contributed by atoms with van der Waals surface area (Å²) in [4.78, 5) is 21.6. The van der Waals surface area contributed by atoms with Gasteiger partial charge in [-0.1, -0.05) is 30.3 Å². The number of pyridine rings is 1. The Kier molecular flexibility index (Phi) is 4.16. The molecule has 1 N–H and O–H groups in total. The van der Waals surface area contributed by atoms with Crippen molar-refractivity contribution in [3.05, 3.63) is 59.4 Å². The van der Waals surface area contributed by atoms with Crippen LogP contribution in [0.25, 0.3) is 11.0 Å². The fraction of sp³-hybridized carbons (Fsp3) is 0.250. The van der Waals surface area contributed by atoms with E-state index in [9.17, 15) is 4.79 Å². The van der Waals surface area contributed by atoms with E-state index in [2.05, 4.69) is 27.4 Å². The molecule has 6 nitrogen and oxygen atoms in total. The Morgan fingerprint density at radius 1 is 1.27 bits per heavy atom. The first-order chi connectivity index (χ1) is 12.7. The summed E-state index contributed by atoms with van der Waals surface area (Å²) in [5.41, 5.74) is 3.48. The van der Waals surface area contributed by atoms with E-state index in [0.29, 0.717) is 42.4 Å². The number of rotatable bonds is 4. The lowest BCUT2D eigenvalue weighted by atomic mass is 10.1. The van der Waals surface area contributed by atoms with Gasteiger partial charge in [0.15, 0.2) is 11.4 Å². The molecule has 1 aliphatic rings. The van der Waals surface area contributed by atoms with Gasteiger partial charge in [0.05, 0.1) is 18.1 Å². The van der Waals surface area contributed by atoms with Gasteiger partial charge in [-0.2, -0.15) is 0 Å². The maximum atomic E-state index is 12.4. The van der Waals surface area contributed by atoms with Crippen LogP contribution in [0.15, 0.2) is 47.6 Å². The van der Waals surface area contributed by atoms with Crippen LogP contribution in [-0.4, -0.2) is 34.9 Å². The number of fused-ring (bicyclic) bond motifs is 3. The minimum absolute atomic E-state index is 0.0133. The lowest BCUT2D eigenvalue weighted by molar-refractivity contribution is 0.101. The van der Waals surface area contributed by atoms with Crippen molar-refractivity contribution >= 4 is 22.8 Å². The molecule has 6 heteroatoms. The molecule has 3 heterocycles. The summed E-state index contributed by atoms with van der Waals surface area (Å²) < 4.78 is 7.45. The standard InChI is InChI=1S/C20H20N4O2/c1-13(25)17-15-8-10-22-20(23-12-14-6-4-3-5-7-14)24(15)19-18(17)16(26-2)9-11-21-19/h3-7,9,11H,8,10,12H2,1-2H3,(H,22,23). The van der Waals surface area contributed by atoms with E-state index < -0.39 is 0 Å². The third-order valence-electron chi connectivity index (χ3n) is 4.60. The first-order valence-electron chi connectivity index (χ1n) is 8.60. The third kappa shape index (κ3) is 2.63. The van der Waals surface area contributed by atoms with Crippen molar-refractivity contribution in [2.24, 2.45) is 4.99 Å². The summed E-state index contributed by atoms with van der Waals surface area (Å²) >= 11 is 0. The average Bonchev–Trinajstić information content (AvgIpc) is 3.02. The van der Waals surface area contributed by atoms with Gasteiger partial charge in [-0.15, -0.1) is 0 Å². The van der Waals surface area contributed by atoms with E-state index in [-0.39, 0.29) is 5.78 Å². The van der Waals surface area contributed by atoms with E-state index in [1.54, 1.807) is 26.3 Å². The predicted octanol–water partition coefficient (Wildman–Crippen LogP) is 2.80. The highest BCUT2D eigenvalue weighted by Crippen LogP contribution is 2.34. The number of carbonyl (C=O) groups excluding carboxylic acids is 1. The molecule has 0 aliphatic carbocycles. The number of Topliss-reactive ketones (excluding diaryl/α,β-unsaturated/α-hetero) is 1. The van der Waals surface area contributed by atoms with Crippen LogP contribution in [0.2, 0.25) is 0 Å². The van der Waals surface area contributed by atoms with Crippen molar-refractivity contribution in [1.82, 2.24) is 14.9 Å². The SMILES string of the molecule is COc1ccnc2c1c(C(C)=O)c1n2C(NCc2ccccc2)=NCC1. The van der Waals surface area contributed by atoms with Crippen molar-refractivity contribution in [3.8, 4) is 5.75 Å². The second-order valence-corrected chi connectivity index (χ2v) is 6.22. The smallest absolute Gasteiger partial charge is 0.204 e. The Hall–Kier alpha value is -3.15. The van der Waals surface area contributed by atoms with Gasteiger partial charge in [-0.3, -0.25) is 14.4 Å². The molecule has 1 aromatic carbocycles. The van der Waals surface area contributed by atoms with Gasteiger partial charge in [0, 0.05) is 31.4 Å². The van der Waals surface area contributed by atoms with Gasteiger partial charge in [-0.25, -0.2) is 4.98 Å². The quantitative estimate of drug-likeness (QED) is 0.736. The van der Waals surface area contributed by atoms with Crippen molar-refractivity contribution in [1.29, 1.82) is 0 Å². The van der Waals surface area contributed by atoms with Crippen LogP contribution in [0.5, 0.6) is 5.75 Å². The van der Waals surface area contributed by atoms with Gasteiger partial charge >= 0.3 is 0 Å². The molecule has 3 aromatic rings. The monoisotopic (exact) mass is 348 g/mol. The van der Waals surface area contributed by atoms with Crippen LogP contribution in [0.1, 0.15) is 28.5 Å². The van der Waals surface area contributed by atoms with Crippen molar-refractivity contribution in [2.45, 2.75) is 19.9 Å². The van der Waals surface area contributed by atoms with Crippen molar-refractivity contribution < 1.29 is 9.53 Å². The number of aromatic nitrogens is 2. The number of benzene rings is 1. The second-order valence-electron chi connectivity index (χ2n) is 6.22. The summed E-state index contributed by atoms with van der Waals surface area (Å²) in [6, 6.07) is 11.9. The number of hydrogen-bond acceptors (Lipinski definition) is 5. The second kappa shape index (κ2) is 6.63. The van der Waals surface area contributed by atoms with Crippen LogP contribution in [0, 0.1) is 0 Å². The fourth-order valence-corrected chi connectivity index (χ4v) is 3.49. The number of hydrogen-bond donors (Lipinski definition) is 1. The molecule has 0 saturated heterocycles. The van der Waals surface area contributed by atoms with Gasteiger partial charge in [0.25, 0.3) is 0 Å².